The Morgan fingerprint density at radius 2 is 1.89 bits per heavy atom. The molecule has 2 aromatic rings. The van der Waals surface area contributed by atoms with Gasteiger partial charge in [0.1, 0.15) is 6.10 Å². The zero-order valence-corrected chi connectivity index (χ0v) is 9.48. The van der Waals surface area contributed by atoms with Crippen LogP contribution in [0, 0.1) is 0 Å². The van der Waals surface area contributed by atoms with E-state index in [1.807, 2.05) is 12.1 Å². The van der Waals surface area contributed by atoms with Crippen molar-refractivity contribution in [1.29, 1.82) is 0 Å². The smallest absolute Gasteiger partial charge is 0.343 e. The number of benzene rings is 1. The highest BCUT2D eigenvalue weighted by Crippen LogP contribution is 2.56. The third-order valence-electron chi connectivity index (χ3n) is 3.09. The van der Waals surface area contributed by atoms with Crippen molar-refractivity contribution in [2.45, 2.75) is 11.7 Å². The molecule has 1 aliphatic heterocycles. The van der Waals surface area contributed by atoms with Crippen LogP contribution in [0.3, 0.4) is 0 Å². The molecule has 1 N–H and O–H groups in total. The van der Waals surface area contributed by atoms with Gasteiger partial charge in [-0.05, 0) is 17.7 Å². The summed E-state index contributed by atoms with van der Waals surface area (Å²) in [4.78, 5) is 15.7. The molecule has 4 nitrogen and oxygen atoms in total. The van der Waals surface area contributed by atoms with E-state index in [1.54, 1.807) is 42.6 Å². The molecule has 1 aromatic heterocycles. The second-order valence-corrected chi connectivity index (χ2v) is 4.16. The van der Waals surface area contributed by atoms with Crippen molar-refractivity contribution in [2.75, 3.05) is 0 Å². The van der Waals surface area contributed by atoms with Crippen LogP contribution >= 0.6 is 0 Å². The Bertz CT molecular complexity index is 570. The number of aliphatic carboxylic acids is 1. The number of aromatic nitrogens is 1. The molecule has 2 heterocycles. The molecule has 1 aromatic carbocycles. The fourth-order valence-corrected chi connectivity index (χ4v) is 2.14. The Labute approximate surface area is 104 Å². The summed E-state index contributed by atoms with van der Waals surface area (Å²) in [5, 5.41) is 9.44. The first-order chi connectivity index (χ1) is 8.75. The second kappa shape index (κ2) is 3.92. The van der Waals surface area contributed by atoms with Crippen LogP contribution in [0.25, 0.3) is 0 Å². The topological polar surface area (TPSA) is 62.7 Å². The van der Waals surface area contributed by atoms with Gasteiger partial charge in [0.25, 0.3) is 0 Å². The second-order valence-electron chi connectivity index (χ2n) is 4.16. The van der Waals surface area contributed by atoms with Crippen LogP contribution in [0.4, 0.5) is 0 Å². The molecular weight excluding hydrogens is 230 g/mol. The highest BCUT2D eigenvalue weighted by molar-refractivity contribution is 5.83. The first-order valence-corrected chi connectivity index (χ1v) is 5.63. The molecule has 18 heavy (non-hydrogen) atoms. The van der Waals surface area contributed by atoms with Gasteiger partial charge in [0.15, 0.2) is 0 Å². The van der Waals surface area contributed by atoms with Crippen molar-refractivity contribution in [3.05, 3.63) is 66.0 Å². The Hall–Kier alpha value is -2.20. The molecule has 2 unspecified atom stereocenters. The fraction of sp³-hybridized carbons (Fsp3) is 0.143. The van der Waals surface area contributed by atoms with E-state index in [2.05, 4.69) is 4.98 Å². The molecule has 1 fully saturated rings. The van der Waals surface area contributed by atoms with Crippen molar-refractivity contribution in [1.82, 2.24) is 4.98 Å². The van der Waals surface area contributed by atoms with Crippen molar-refractivity contribution < 1.29 is 14.6 Å². The lowest BCUT2D eigenvalue weighted by atomic mass is 9.94. The average molecular weight is 241 g/mol. The van der Waals surface area contributed by atoms with E-state index in [0.717, 1.165) is 0 Å². The van der Waals surface area contributed by atoms with E-state index in [1.165, 1.54) is 0 Å². The molecule has 4 heteroatoms. The van der Waals surface area contributed by atoms with Gasteiger partial charge in [0, 0.05) is 6.20 Å². The van der Waals surface area contributed by atoms with Gasteiger partial charge in [0.05, 0.1) is 5.69 Å². The number of rotatable bonds is 3. The first kappa shape index (κ1) is 10.9. The highest BCUT2D eigenvalue weighted by Gasteiger charge is 2.65. The maximum absolute atomic E-state index is 11.5. The lowest BCUT2D eigenvalue weighted by molar-refractivity contribution is -0.143. The molecular formula is C14H11NO3. The van der Waals surface area contributed by atoms with Crippen LogP contribution in [0.1, 0.15) is 17.4 Å². The summed E-state index contributed by atoms with van der Waals surface area (Å²) in [6, 6.07) is 14.4. The number of ether oxygens (including phenoxy) is 1. The van der Waals surface area contributed by atoms with Gasteiger partial charge in [-0.2, -0.15) is 0 Å². The van der Waals surface area contributed by atoms with Crippen molar-refractivity contribution in [3.63, 3.8) is 0 Å². The summed E-state index contributed by atoms with van der Waals surface area (Å²) in [5.74, 6) is -0.982. The average Bonchev–Trinajstić information content (AvgIpc) is 3.18. The number of pyridine rings is 1. The predicted molar refractivity (Wildman–Crippen MR) is 63.8 cm³/mol. The molecule has 0 saturated carbocycles. The van der Waals surface area contributed by atoms with E-state index >= 15 is 0 Å². The minimum atomic E-state index is -1.28. The van der Waals surface area contributed by atoms with Gasteiger partial charge in [0.2, 0.25) is 5.60 Å². The standard InChI is InChI=1S/C14H11NO3/c16-13(17)14(10-6-2-1-3-7-10)12(18-14)11-8-4-5-9-15-11/h1-9,12H,(H,16,17). The number of hydrogen-bond acceptors (Lipinski definition) is 3. The molecule has 0 bridgehead atoms. The van der Waals surface area contributed by atoms with Gasteiger partial charge in [-0.1, -0.05) is 36.4 Å². The molecule has 1 aliphatic rings. The van der Waals surface area contributed by atoms with E-state index in [-0.39, 0.29) is 0 Å². The fourth-order valence-electron chi connectivity index (χ4n) is 2.14. The summed E-state index contributed by atoms with van der Waals surface area (Å²) in [6.45, 7) is 0. The predicted octanol–water partition coefficient (Wildman–Crippen LogP) is 2.13. The summed E-state index contributed by atoms with van der Waals surface area (Å²) < 4.78 is 5.48. The van der Waals surface area contributed by atoms with Crippen LogP contribution in [-0.4, -0.2) is 16.1 Å². The molecule has 2 atom stereocenters. The van der Waals surface area contributed by atoms with Crippen LogP contribution in [0.15, 0.2) is 54.7 Å². The SMILES string of the molecule is O=C(O)C1(c2ccccc2)OC1c1ccccn1. The number of hydrogen-bond donors (Lipinski definition) is 1. The van der Waals surface area contributed by atoms with Gasteiger partial charge in [-0.15, -0.1) is 0 Å². The third-order valence-corrected chi connectivity index (χ3v) is 3.09. The minimum absolute atomic E-state index is 0.515. The van der Waals surface area contributed by atoms with Crippen LogP contribution in [0.5, 0.6) is 0 Å². The Morgan fingerprint density at radius 1 is 1.17 bits per heavy atom. The molecule has 0 radical (unpaired) electrons. The van der Waals surface area contributed by atoms with Crippen molar-refractivity contribution in [2.24, 2.45) is 0 Å². The van der Waals surface area contributed by atoms with Crippen LogP contribution in [-0.2, 0) is 15.1 Å². The minimum Gasteiger partial charge on any atom is -0.479 e. The lowest BCUT2D eigenvalue weighted by Gasteiger charge is -2.07. The molecule has 0 spiro atoms. The van der Waals surface area contributed by atoms with Gasteiger partial charge in [-0.3, -0.25) is 4.98 Å². The highest BCUT2D eigenvalue weighted by atomic mass is 16.6. The number of carboxylic acid groups (broad SMARTS) is 1. The van der Waals surface area contributed by atoms with Crippen LogP contribution < -0.4 is 0 Å². The van der Waals surface area contributed by atoms with E-state index < -0.39 is 17.7 Å². The Balaban J connectivity index is 2.01. The maximum Gasteiger partial charge on any atom is 0.343 e. The number of carboxylic acids is 1. The number of epoxide rings is 1. The largest absolute Gasteiger partial charge is 0.479 e. The summed E-state index contributed by atoms with van der Waals surface area (Å²) in [5.41, 5.74) is 0.00667. The molecule has 1 saturated heterocycles. The van der Waals surface area contributed by atoms with Crippen molar-refractivity contribution >= 4 is 5.97 Å². The van der Waals surface area contributed by atoms with E-state index in [9.17, 15) is 9.90 Å². The zero-order chi connectivity index (χ0) is 12.6. The van der Waals surface area contributed by atoms with Gasteiger partial charge < -0.3 is 9.84 Å². The zero-order valence-electron chi connectivity index (χ0n) is 9.48. The van der Waals surface area contributed by atoms with Gasteiger partial charge in [-0.25, -0.2) is 4.79 Å². The normalized spacial score (nSPS) is 25.7. The molecule has 0 aliphatic carbocycles. The monoisotopic (exact) mass is 241 g/mol. The Morgan fingerprint density at radius 3 is 2.50 bits per heavy atom. The molecule has 90 valence electrons. The van der Waals surface area contributed by atoms with Crippen molar-refractivity contribution in [3.8, 4) is 0 Å². The summed E-state index contributed by atoms with van der Waals surface area (Å²) in [7, 11) is 0. The third kappa shape index (κ3) is 1.50. The molecule has 3 rings (SSSR count). The van der Waals surface area contributed by atoms with E-state index in [0.29, 0.717) is 11.3 Å². The van der Waals surface area contributed by atoms with E-state index in [4.69, 9.17) is 4.74 Å². The number of carbonyl (C=O) groups is 1. The first-order valence-electron chi connectivity index (χ1n) is 5.63. The van der Waals surface area contributed by atoms with Crippen LogP contribution in [0.2, 0.25) is 0 Å². The molecule has 0 amide bonds. The number of nitrogens with zero attached hydrogens (tertiary/aromatic N) is 1. The Kier molecular flexibility index (Phi) is 2.38. The quantitative estimate of drug-likeness (QED) is 0.836. The summed E-state index contributed by atoms with van der Waals surface area (Å²) in [6.07, 6.45) is 1.12. The van der Waals surface area contributed by atoms with Gasteiger partial charge >= 0.3 is 5.97 Å². The lowest BCUT2D eigenvalue weighted by Crippen LogP contribution is -2.22. The summed E-state index contributed by atoms with van der Waals surface area (Å²) >= 11 is 0. The maximum atomic E-state index is 11.5.